The Morgan fingerprint density at radius 1 is 1.25 bits per heavy atom. The van der Waals surface area contributed by atoms with Crippen LogP contribution in [0, 0.1) is 16.7 Å². The molecule has 3 heteroatoms. The minimum absolute atomic E-state index is 0.456. The number of rotatable bonds is 2. The highest BCUT2D eigenvalue weighted by Gasteiger charge is 2.15. The number of nitrogens with one attached hydrogen (secondary N) is 1. The Balaban J connectivity index is 2.14. The third-order valence-electron chi connectivity index (χ3n) is 2.90. The summed E-state index contributed by atoms with van der Waals surface area (Å²) in [4.78, 5) is 2.06. The Labute approximate surface area is 95.8 Å². The van der Waals surface area contributed by atoms with Crippen LogP contribution in [-0.2, 0) is 6.42 Å². The van der Waals surface area contributed by atoms with E-state index in [9.17, 15) is 0 Å². The van der Waals surface area contributed by atoms with Gasteiger partial charge in [0, 0.05) is 18.7 Å². The highest BCUT2D eigenvalue weighted by atomic mass is 15.2. The molecule has 0 saturated carbocycles. The van der Waals surface area contributed by atoms with E-state index in [1.54, 1.807) is 0 Å². The van der Waals surface area contributed by atoms with E-state index in [0.29, 0.717) is 12.3 Å². The molecule has 82 valence electrons. The van der Waals surface area contributed by atoms with E-state index >= 15 is 0 Å². The van der Waals surface area contributed by atoms with E-state index in [1.165, 1.54) is 0 Å². The van der Waals surface area contributed by atoms with E-state index in [0.717, 1.165) is 37.1 Å². The van der Waals surface area contributed by atoms with Gasteiger partial charge in [-0.25, -0.2) is 0 Å². The fourth-order valence-corrected chi connectivity index (χ4v) is 2.00. The average Bonchev–Trinajstić information content (AvgIpc) is 2.31. The van der Waals surface area contributed by atoms with Crippen LogP contribution in [0.4, 0.5) is 5.69 Å². The van der Waals surface area contributed by atoms with Gasteiger partial charge < -0.3 is 4.90 Å². The first kappa shape index (κ1) is 10.7. The van der Waals surface area contributed by atoms with Gasteiger partial charge >= 0.3 is 0 Å². The Kier molecular flexibility index (Phi) is 3.21. The van der Waals surface area contributed by atoms with Crippen LogP contribution in [0.1, 0.15) is 24.8 Å². The summed E-state index contributed by atoms with van der Waals surface area (Å²) in [5.41, 5.74) is 2.11. The molecule has 1 heterocycles. The smallest absolute Gasteiger partial charge is 0.100 e. The Bertz CT molecular complexity index is 414. The molecule has 1 N–H and O–H groups in total. The standard InChI is InChI=1S/C13H15N3/c14-9-8-11-4-6-12(7-5-11)16-10-2-1-3-13(16)15/h4-7,15H,1-3,8,10H2. The molecule has 16 heavy (non-hydrogen) atoms. The Hall–Kier alpha value is -1.82. The summed E-state index contributed by atoms with van der Waals surface area (Å²) in [6.07, 6.45) is 3.61. The highest BCUT2D eigenvalue weighted by molar-refractivity contribution is 5.96. The number of piperidine rings is 1. The molecule has 1 aromatic rings. The fourth-order valence-electron chi connectivity index (χ4n) is 2.00. The molecule has 0 spiro atoms. The quantitative estimate of drug-likeness (QED) is 0.821. The largest absolute Gasteiger partial charge is 0.330 e. The van der Waals surface area contributed by atoms with Crippen LogP contribution in [0.15, 0.2) is 24.3 Å². The molecule has 0 aromatic heterocycles. The van der Waals surface area contributed by atoms with Gasteiger partial charge in [-0.05, 0) is 30.5 Å². The summed E-state index contributed by atoms with van der Waals surface area (Å²) in [6.45, 7) is 0.941. The molecule has 0 atom stereocenters. The molecule has 0 bridgehead atoms. The van der Waals surface area contributed by atoms with E-state index in [1.807, 2.05) is 24.3 Å². The molecule has 0 amide bonds. The molecule has 3 nitrogen and oxygen atoms in total. The predicted octanol–water partition coefficient (Wildman–Crippen LogP) is 2.72. The average molecular weight is 213 g/mol. The van der Waals surface area contributed by atoms with Crippen molar-refractivity contribution < 1.29 is 0 Å². The summed E-state index contributed by atoms with van der Waals surface area (Å²) in [5.74, 6) is 0.708. The second kappa shape index (κ2) is 4.80. The molecular formula is C13H15N3. The predicted molar refractivity (Wildman–Crippen MR) is 64.7 cm³/mol. The summed E-state index contributed by atoms with van der Waals surface area (Å²) in [6, 6.07) is 10.1. The zero-order valence-electron chi connectivity index (χ0n) is 9.24. The van der Waals surface area contributed by atoms with Gasteiger partial charge in [0.15, 0.2) is 0 Å². The van der Waals surface area contributed by atoms with Crippen molar-refractivity contribution in [1.82, 2.24) is 0 Å². The van der Waals surface area contributed by atoms with Crippen molar-refractivity contribution in [1.29, 1.82) is 10.7 Å². The second-order valence-electron chi connectivity index (χ2n) is 4.06. The molecule has 1 aliphatic heterocycles. The molecular weight excluding hydrogens is 198 g/mol. The number of benzene rings is 1. The zero-order valence-corrected chi connectivity index (χ0v) is 9.24. The third-order valence-corrected chi connectivity index (χ3v) is 2.90. The van der Waals surface area contributed by atoms with Gasteiger partial charge in [0.1, 0.15) is 5.84 Å². The summed E-state index contributed by atoms with van der Waals surface area (Å²) in [5, 5.41) is 16.5. The van der Waals surface area contributed by atoms with Crippen LogP contribution >= 0.6 is 0 Å². The summed E-state index contributed by atoms with van der Waals surface area (Å²) in [7, 11) is 0. The molecule has 1 saturated heterocycles. The van der Waals surface area contributed by atoms with Crippen molar-refractivity contribution in [2.45, 2.75) is 25.7 Å². The topological polar surface area (TPSA) is 50.9 Å². The van der Waals surface area contributed by atoms with E-state index < -0.39 is 0 Å². The van der Waals surface area contributed by atoms with Gasteiger partial charge in [0.05, 0.1) is 12.5 Å². The van der Waals surface area contributed by atoms with Gasteiger partial charge in [0.25, 0.3) is 0 Å². The lowest BCUT2D eigenvalue weighted by atomic mass is 10.1. The molecule has 2 rings (SSSR count). The molecule has 1 fully saturated rings. The van der Waals surface area contributed by atoms with Gasteiger partial charge in [0.2, 0.25) is 0 Å². The first-order valence-corrected chi connectivity index (χ1v) is 5.62. The number of nitriles is 1. The summed E-state index contributed by atoms with van der Waals surface area (Å²) >= 11 is 0. The van der Waals surface area contributed by atoms with Crippen molar-refractivity contribution in [3.05, 3.63) is 29.8 Å². The first-order chi connectivity index (χ1) is 7.81. The van der Waals surface area contributed by atoms with E-state index in [2.05, 4.69) is 11.0 Å². The van der Waals surface area contributed by atoms with Gasteiger partial charge in [-0.2, -0.15) is 5.26 Å². The zero-order chi connectivity index (χ0) is 11.4. The van der Waals surface area contributed by atoms with Crippen LogP contribution in [0.2, 0.25) is 0 Å². The second-order valence-corrected chi connectivity index (χ2v) is 4.06. The molecule has 0 radical (unpaired) electrons. The normalized spacial score (nSPS) is 15.9. The maximum atomic E-state index is 8.59. The van der Waals surface area contributed by atoms with Gasteiger partial charge in [-0.1, -0.05) is 12.1 Å². The van der Waals surface area contributed by atoms with Crippen molar-refractivity contribution in [3.8, 4) is 6.07 Å². The maximum Gasteiger partial charge on any atom is 0.100 e. The fraction of sp³-hybridized carbons (Fsp3) is 0.385. The lowest BCUT2D eigenvalue weighted by molar-refractivity contribution is 0.707. The number of hydrogen-bond acceptors (Lipinski definition) is 2. The molecule has 0 unspecified atom stereocenters. The van der Waals surface area contributed by atoms with Crippen molar-refractivity contribution in [3.63, 3.8) is 0 Å². The minimum Gasteiger partial charge on any atom is -0.330 e. The maximum absolute atomic E-state index is 8.59. The van der Waals surface area contributed by atoms with Crippen LogP contribution in [-0.4, -0.2) is 12.4 Å². The van der Waals surface area contributed by atoms with Crippen molar-refractivity contribution in [2.75, 3.05) is 11.4 Å². The number of amidine groups is 1. The number of anilines is 1. The van der Waals surface area contributed by atoms with E-state index in [-0.39, 0.29) is 0 Å². The van der Waals surface area contributed by atoms with Crippen LogP contribution < -0.4 is 4.90 Å². The number of hydrogen-bond donors (Lipinski definition) is 1. The van der Waals surface area contributed by atoms with Crippen molar-refractivity contribution >= 4 is 11.5 Å². The van der Waals surface area contributed by atoms with Gasteiger partial charge in [-0.3, -0.25) is 5.41 Å². The Morgan fingerprint density at radius 2 is 2.00 bits per heavy atom. The molecule has 0 aliphatic carbocycles. The third kappa shape index (κ3) is 2.22. The summed E-state index contributed by atoms with van der Waals surface area (Å²) < 4.78 is 0. The van der Waals surface area contributed by atoms with Crippen LogP contribution in [0.3, 0.4) is 0 Å². The van der Waals surface area contributed by atoms with Crippen molar-refractivity contribution in [2.24, 2.45) is 0 Å². The Morgan fingerprint density at radius 3 is 2.62 bits per heavy atom. The SMILES string of the molecule is N#CCc1ccc(N2CCCCC2=N)cc1. The number of nitrogens with zero attached hydrogens (tertiary/aromatic N) is 2. The first-order valence-electron chi connectivity index (χ1n) is 5.62. The van der Waals surface area contributed by atoms with Gasteiger partial charge in [-0.15, -0.1) is 0 Å². The lowest BCUT2D eigenvalue weighted by Crippen LogP contribution is -2.34. The highest BCUT2D eigenvalue weighted by Crippen LogP contribution is 2.21. The van der Waals surface area contributed by atoms with E-state index in [4.69, 9.17) is 10.7 Å². The lowest BCUT2D eigenvalue weighted by Gasteiger charge is -2.29. The van der Waals surface area contributed by atoms with Crippen LogP contribution in [0.5, 0.6) is 0 Å². The monoisotopic (exact) mass is 213 g/mol. The molecule has 1 aromatic carbocycles. The molecule has 1 aliphatic rings. The van der Waals surface area contributed by atoms with Crippen LogP contribution in [0.25, 0.3) is 0 Å². The minimum atomic E-state index is 0.456.